The summed E-state index contributed by atoms with van der Waals surface area (Å²) in [6.45, 7) is 2.86. The van der Waals surface area contributed by atoms with Gasteiger partial charge in [0.05, 0.1) is 23.0 Å². The van der Waals surface area contributed by atoms with Crippen LogP contribution >= 0.6 is 11.3 Å². The fraction of sp³-hybridized carbons (Fsp3) is 0.357. The van der Waals surface area contributed by atoms with Gasteiger partial charge in [0, 0.05) is 11.9 Å². The summed E-state index contributed by atoms with van der Waals surface area (Å²) >= 11 is 1.51. The molecule has 0 aliphatic heterocycles. The van der Waals surface area contributed by atoms with E-state index in [-0.39, 0.29) is 12.3 Å². The Balaban J connectivity index is 1.98. The van der Waals surface area contributed by atoms with Gasteiger partial charge < -0.3 is 5.32 Å². The van der Waals surface area contributed by atoms with Gasteiger partial charge in [0.2, 0.25) is 10.0 Å². The smallest absolute Gasteiger partial charge is 0.216 e. The molecule has 2 N–H and O–H groups in total. The van der Waals surface area contributed by atoms with Crippen molar-refractivity contribution in [2.75, 3.05) is 7.05 Å². The molecule has 0 saturated carbocycles. The molecular formula is C14H19N3O2S2. The van der Waals surface area contributed by atoms with E-state index in [4.69, 9.17) is 0 Å². The van der Waals surface area contributed by atoms with E-state index in [1.54, 1.807) is 0 Å². The maximum atomic E-state index is 12.1. The molecule has 7 heteroatoms. The average molecular weight is 325 g/mol. The number of benzene rings is 1. The van der Waals surface area contributed by atoms with Gasteiger partial charge in [-0.1, -0.05) is 24.3 Å². The van der Waals surface area contributed by atoms with Crippen molar-refractivity contribution in [1.29, 1.82) is 0 Å². The summed E-state index contributed by atoms with van der Waals surface area (Å²) in [5.74, 6) is -0.0202. The second-order valence-corrected chi connectivity index (χ2v) is 7.66. The monoisotopic (exact) mass is 325 g/mol. The predicted octanol–water partition coefficient (Wildman–Crippen LogP) is 1.79. The van der Waals surface area contributed by atoms with Crippen LogP contribution in [0.25, 0.3) is 0 Å². The predicted molar refractivity (Wildman–Crippen MR) is 85.5 cm³/mol. The van der Waals surface area contributed by atoms with Gasteiger partial charge in [-0.25, -0.2) is 18.1 Å². The van der Waals surface area contributed by atoms with Gasteiger partial charge in [-0.15, -0.1) is 11.3 Å². The number of aryl methyl sites for hydroxylation is 1. The van der Waals surface area contributed by atoms with Crippen LogP contribution in [0.3, 0.4) is 0 Å². The Kier molecular flexibility index (Phi) is 5.46. The van der Waals surface area contributed by atoms with E-state index in [1.165, 1.54) is 11.3 Å². The number of sulfonamides is 1. The fourth-order valence-electron chi connectivity index (χ4n) is 1.98. The van der Waals surface area contributed by atoms with Crippen molar-refractivity contribution in [3.63, 3.8) is 0 Å². The van der Waals surface area contributed by atoms with Crippen molar-refractivity contribution < 1.29 is 8.42 Å². The minimum atomic E-state index is -3.36. The number of nitrogens with zero attached hydrogens (tertiary/aromatic N) is 1. The quantitative estimate of drug-likeness (QED) is 0.814. The summed E-state index contributed by atoms with van der Waals surface area (Å²) in [5.41, 5.74) is 2.61. The topological polar surface area (TPSA) is 71.1 Å². The molecule has 1 aromatic carbocycles. The van der Waals surface area contributed by atoms with Gasteiger partial charge in [-0.3, -0.25) is 0 Å². The first-order chi connectivity index (χ1) is 9.98. The first kappa shape index (κ1) is 16.1. The summed E-state index contributed by atoms with van der Waals surface area (Å²) < 4.78 is 26.8. The van der Waals surface area contributed by atoms with E-state index in [2.05, 4.69) is 15.0 Å². The highest BCUT2D eigenvalue weighted by Gasteiger charge is 2.12. The molecule has 0 saturated heterocycles. The Hall–Kier alpha value is -1.28. The zero-order chi connectivity index (χ0) is 15.3. The molecule has 2 aromatic rings. The van der Waals surface area contributed by atoms with E-state index in [9.17, 15) is 8.42 Å². The molecule has 0 atom stereocenters. The lowest BCUT2D eigenvalue weighted by Gasteiger charge is -2.07. The summed E-state index contributed by atoms with van der Waals surface area (Å²) in [6, 6.07) is 7.58. The second kappa shape index (κ2) is 7.13. The molecule has 114 valence electrons. The van der Waals surface area contributed by atoms with Crippen LogP contribution in [0.4, 0.5) is 0 Å². The number of aromatic nitrogens is 1. The van der Waals surface area contributed by atoms with Crippen LogP contribution in [0.15, 0.2) is 29.6 Å². The van der Waals surface area contributed by atoms with Gasteiger partial charge in [0.1, 0.15) is 0 Å². The Morgan fingerprint density at radius 2 is 2.00 bits per heavy atom. The number of rotatable bonds is 7. The fourth-order valence-corrected chi connectivity index (χ4v) is 3.68. The Labute approximate surface area is 129 Å². The molecule has 5 nitrogen and oxygen atoms in total. The number of nitrogens with one attached hydrogen (secondary N) is 2. The average Bonchev–Trinajstić information content (AvgIpc) is 2.83. The van der Waals surface area contributed by atoms with Crippen LogP contribution in [0.2, 0.25) is 0 Å². The normalized spacial score (nSPS) is 11.7. The molecular weight excluding hydrogens is 306 g/mol. The maximum absolute atomic E-state index is 12.1. The van der Waals surface area contributed by atoms with Crippen LogP contribution in [0, 0.1) is 6.92 Å². The maximum Gasteiger partial charge on any atom is 0.216 e. The van der Waals surface area contributed by atoms with Crippen molar-refractivity contribution in [2.45, 2.75) is 25.8 Å². The molecule has 0 spiro atoms. The van der Waals surface area contributed by atoms with Crippen molar-refractivity contribution in [3.05, 3.63) is 51.5 Å². The van der Waals surface area contributed by atoms with Crippen molar-refractivity contribution in [2.24, 2.45) is 0 Å². The van der Waals surface area contributed by atoms with E-state index in [1.807, 2.05) is 43.6 Å². The third kappa shape index (κ3) is 5.20. The molecule has 0 bridgehead atoms. The van der Waals surface area contributed by atoms with Crippen LogP contribution in [-0.4, -0.2) is 20.4 Å². The minimum Gasteiger partial charge on any atom is -0.316 e. The summed E-state index contributed by atoms with van der Waals surface area (Å²) in [6.07, 6.45) is 0. The molecule has 0 amide bonds. The molecule has 1 aromatic heterocycles. The minimum absolute atomic E-state index is 0.0202. The Morgan fingerprint density at radius 1 is 1.24 bits per heavy atom. The molecule has 21 heavy (non-hydrogen) atoms. The van der Waals surface area contributed by atoms with Crippen LogP contribution in [0.5, 0.6) is 0 Å². The standard InChI is InChI=1S/C14H19N3O2S2/c1-11-17-14(9-20-11)8-16-21(18,19)10-13-5-3-4-12(6-13)7-15-2/h3-6,9,15-16H,7-8,10H2,1-2H3. The third-order valence-corrected chi connectivity index (χ3v) is 4.99. The van der Waals surface area contributed by atoms with Crippen molar-refractivity contribution in [1.82, 2.24) is 15.0 Å². The second-order valence-electron chi connectivity index (χ2n) is 4.79. The molecule has 0 radical (unpaired) electrons. The van der Waals surface area contributed by atoms with Gasteiger partial charge in [-0.05, 0) is 25.1 Å². The largest absolute Gasteiger partial charge is 0.316 e. The lowest BCUT2D eigenvalue weighted by molar-refractivity contribution is 0.579. The Morgan fingerprint density at radius 3 is 2.67 bits per heavy atom. The van der Waals surface area contributed by atoms with Gasteiger partial charge in [0.25, 0.3) is 0 Å². The van der Waals surface area contributed by atoms with E-state index in [0.29, 0.717) is 0 Å². The highest BCUT2D eigenvalue weighted by molar-refractivity contribution is 7.88. The van der Waals surface area contributed by atoms with E-state index < -0.39 is 10.0 Å². The highest BCUT2D eigenvalue weighted by atomic mass is 32.2. The summed E-state index contributed by atoms with van der Waals surface area (Å²) in [7, 11) is -1.50. The zero-order valence-corrected chi connectivity index (χ0v) is 13.7. The SMILES string of the molecule is CNCc1cccc(CS(=O)(=O)NCc2csc(C)n2)c1. The Bertz CT molecular complexity index is 696. The first-order valence-electron chi connectivity index (χ1n) is 6.59. The molecule has 0 fully saturated rings. The lowest BCUT2D eigenvalue weighted by atomic mass is 10.1. The highest BCUT2D eigenvalue weighted by Crippen LogP contribution is 2.11. The van der Waals surface area contributed by atoms with Crippen LogP contribution in [0.1, 0.15) is 21.8 Å². The van der Waals surface area contributed by atoms with Gasteiger partial charge in [-0.2, -0.15) is 0 Å². The van der Waals surface area contributed by atoms with Crippen molar-refractivity contribution in [3.8, 4) is 0 Å². The molecule has 0 aliphatic carbocycles. The summed E-state index contributed by atoms with van der Waals surface area (Å²) in [5, 5.41) is 5.85. The molecule has 1 heterocycles. The van der Waals surface area contributed by atoms with Crippen LogP contribution < -0.4 is 10.0 Å². The zero-order valence-electron chi connectivity index (χ0n) is 12.1. The van der Waals surface area contributed by atoms with E-state index >= 15 is 0 Å². The van der Waals surface area contributed by atoms with Crippen molar-refractivity contribution >= 4 is 21.4 Å². The molecule has 0 unspecified atom stereocenters. The number of hydrogen-bond acceptors (Lipinski definition) is 5. The lowest BCUT2D eigenvalue weighted by Crippen LogP contribution is -2.25. The third-order valence-electron chi connectivity index (χ3n) is 2.87. The molecule has 0 aliphatic rings. The number of thiazole rings is 1. The van der Waals surface area contributed by atoms with E-state index in [0.717, 1.165) is 28.4 Å². The molecule has 2 rings (SSSR count). The van der Waals surface area contributed by atoms with Crippen LogP contribution in [-0.2, 0) is 28.9 Å². The number of hydrogen-bond donors (Lipinski definition) is 2. The summed E-state index contributed by atoms with van der Waals surface area (Å²) in [4.78, 5) is 4.24. The van der Waals surface area contributed by atoms with Gasteiger partial charge >= 0.3 is 0 Å². The first-order valence-corrected chi connectivity index (χ1v) is 9.12. The van der Waals surface area contributed by atoms with Gasteiger partial charge in [0.15, 0.2) is 0 Å².